The first-order valence-corrected chi connectivity index (χ1v) is 7.18. The second-order valence-electron chi connectivity index (χ2n) is 4.16. The van der Waals surface area contributed by atoms with Gasteiger partial charge in [0.15, 0.2) is 11.5 Å². The monoisotopic (exact) mass is 384 g/mol. The van der Waals surface area contributed by atoms with Crippen molar-refractivity contribution in [3.8, 4) is 11.5 Å². The van der Waals surface area contributed by atoms with Crippen LogP contribution in [0, 0.1) is 0 Å². The summed E-state index contributed by atoms with van der Waals surface area (Å²) in [5.41, 5.74) is 0.196. The van der Waals surface area contributed by atoms with Crippen LogP contribution >= 0.6 is 27.5 Å². The number of aromatic carboxylic acids is 1. The van der Waals surface area contributed by atoms with E-state index in [1.807, 2.05) is 0 Å². The molecule has 0 aromatic heterocycles. The Morgan fingerprint density at radius 3 is 2.50 bits per heavy atom. The fraction of sp³-hybridized carbons (Fsp3) is 0.0667. The van der Waals surface area contributed by atoms with Crippen molar-refractivity contribution >= 4 is 39.5 Å². The first-order valence-electron chi connectivity index (χ1n) is 6.01. The van der Waals surface area contributed by atoms with Gasteiger partial charge in [0.2, 0.25) is 0 Å². The number of hydrogen-bond acceptors (Lipinski definition) is 4. The van der Waals surface area contributed by atoms with Crippen molar-refractivity contribution in [1.29, 1.82) is 0 Å². The highest BCUT2D eigenvalue weighted by atomic mass is 79.9. The molecule has 0 aliphatic carbocycles. The van der Waals surface area contributed by atoms with E-state index in [-0.39, 0.29) is 32.1 Å². The molecule has 0 aliphatic rings. The lowest BCUT2D eigenvalue weighted by Gasteiger charge is -2.12. The Kier molecular flexibility index (Phi) is 5.05. The van der Waals surface area contributed by atoms with Gasteiger partial charge in [-0.25, -0.2) is 9.59 Å². The van der Waals surface area contributed by atoms with E-state index in [0.29, 0.717) is 0 Å². The number of rotatable bonds is 4. The summed E-state index contributed by atoms with van der Waals surface area (Å²) in [6.07, 6.45) is 0. The van der Waals surface area contributed by atoms with Crippen LogP contribution in [0.1, 0.15) is 20.7 Å². The Labute approximate surface area is 139 Å². The Bertz CT molecular complexity index is 745. The summed E-state index contributed by atoms with van der Waals surface area (Å²) >= 11 is 9.12. The molecule has 114 valence electrons. The first-order chi connectivity index (χ1) is 10.4. The molecule has 0 spiro atoms. The predicted octanol–water partition coefficient (Wildman–Crippen LogP) is 4.03. The number of halogens is 2. The summed E-state index contributed by atoms with van der Waals surface area (Å²) < 4.78 is 10.6. The van der Waals surface area contributed by atoms with Crippen LogP contribution in [0.2, 0.25) is 5.02 Å². The molecule has 0 bridgehead atoms. The third-order valence-corrected chi connectivity index (χ3v) is 3.68. The van der Waals surface area contributed by atoms with Gasteiger partial charge in [0.25, 0.3) is 0 Å². The van der Waals surface area contributed by atoms with Gasteiger partial charge in [0, 0.05) is 0 Å². The first kappa shape index (κ1) is 16.3. The van der Waals surface area contributed by atoms with Gasteiger partial charge in [0.1, 0.15) is 0 Å². The SMILES string of the molecule is COc1cc(C(=O)O)cc(Br)c1OC(=O)c1ccccc1Cl. The molecule has 0 saturated carbocycles. The summed E-state index contributed by atoms with van der Waals surface area (Å²) in [6, 6.07) is 9.02. The van der Waals surface area contributed by atoms with Crippen molar-refractivity contribution in [1.82, 2.24) is 0 Å². The number of ether oxygens (including phenoxy) is 2. The van der Waals surface area contributed by atoms with Crippen LogP contribution in [0.25, 0.3) is 0 Å². The number of carboxylic acid groups (broad SMARTS) is 1. The Hall–Kier alpha value is -2.05. The van der Waals surface area contributed by atoms with Crippen molar-refractivity contribution in [3.05, 3.63) is 57.0 Å². The van der Waals surface area contributed by atoms with Gasteiger partial charge in [-0.1, -0.05) is 23.7 Å². The highest BCUT2D eigenvalue weighted by Crippen LogP contribution is 2.37. The molecule has 22 heavy (non-hydrogen) atoms. The minimum absolute atomic E-state index is 0.00117. The van der Waals surface area contributed by atoms with Gasteiger partial charge in [-0.3, -0.25) is 0 Å². The summed E-state index contributed by atoms with van der Waals surface area (Å²) in [7, 11) is 1.35. The van der Waals surface area contributed by atoms with E-state index < -0.39 is 11.9 Å². The molecule has 2 aromatic rings. The minimum Gasteiger partial charge on any atom is -0.493 e. The van der Waals surface area contributed by atoms with Gasteiger partial charge < -0.3 is 14.6 Å². The predicted molar refractivity (Wildman–Crippen MR) is 84.1 cm³/mol. The lowest BCUT2D eigenvalue weighted by atomic mass is 10.2. The molecule has 0 heterocycles. The van der Waals surface area contributed by atoms with Crippen molar-refractivity contribution in [3.63, 3.8) is 0 Å². The minimum atomic E-state index is -1.12. The molecular formula is C15H10BrClO5. The zero-order chi connectivity index (χ0) is 16.3. The van der Waals surface area contributed by atoms with Crippen LogP contribution in [-0.4, -0.2) is 24.2 Å². The summed E-state index contributed by atoms with van der Waals surface area (Å²) in [6.45, 7) is 0. The fourth-order valence-corrected chi connectivity index (χ4v) is 2.45. The van der Waals surface area contributed by atoms with Gasteiger partial charge >= 0.3 is 11.9 Å². The van der Waals surface area contributed by atoms with E-state index in [1.165, 1.54) is 25.3 Å². The molecule has 0 atom stereocenters. The maximum absolute atomic E-state index is 12.2. The van der Waals surface area contributed by atoms with Gasteiger partial charge in [0.05, 0.1) is 27.7 Å². The Balaban J connectivity index is 2.39. The van der Waals surface area contributed by atoms with Crippen LogP contribution in [0.4, 0.5) is 0 Å². The standard InChI is InChI=1S/C15H10BrClO5/c1-21-12-7-8(14(18)19)6-10(16)13(12)22-15(20)9-4-2-3-5-11(9)17/h2-7H,1H3,(H,18,19). The van der Waals surface area contributed by atoms with Gasteiger partial charge in [-0.2, -0.15) is 0 Å². The largest absolute Gasteiger partial charge is 0.493 e. The molecule has 0 fully saturated rings. The van der Waals surface area contributed by atoms with Crippen molar-refractivity contribution in [2.45, 2.75) is 0 Å². The number of hydrogen-bond donors (Lipinski definition) is 1. The normalized spacial score (nSPS) is 10.1. The van der Waals surface area contributed by atoms with Crippen molar-refractivity contribution in [2.24, 2.45) is 0 Å². The Morgan fingerprint density at radius 1 is 1.23 bits per heavy atom. The Morgan fingerprint density at radius 2 is 1.91 bits per heavy atom. The van der Waals surface area contributed by atoms with Crippen molar-refractivity contribution < 1.29 is 24.2 Å². The van der Waals surface area contributed by atoms with Crippen LogP contribution < -0.4 is 9.47 Å². The molecule has 2 aromatic carbocycles. The fourth-order valence-electron chi connectivity index (χ4n) is 1.72. The lowest BCUT2D eigenvalue weighted by Crippen LogP contribution is -2.11. The van der Waals surface area contributed by atoms with E-state index in [4.69, 9.17) is 26.2 Å². The molecule has 0 amide bonds. The molecule has 0 radical (unpaired) electrons. The maximum Gasteiger partial charge on any atom is 0.345 e. The molecule has 0 saturated heterocycles. The van der Waals surface area contributed by atoms with E-state index in [0.717, 1.165) is 0 Å². The van der Waals surface area contributed by atoms with Crippen LogP contribution in [0.5, 0.6) is 11.5 Å². The van der Waals surface area contributed by atoms with Crippen molar-refractivity contribution in [2.75, 3.05) is 7.11 Å². The molecule has 1 N–H and O–H groups in total. The topological polar surface area (TPSA) is 72.8 Å². The summed E-state index contributed by atoms with van der Waals surface area (Å²) in [5.74, 6) is -1.60. The second kappa shape index (κ2) is 6.81. The molecule has 0 aliphatic heterocycles. The summed E-state index contributed by atoms with van der Waals surface area (Å²) in [4.78, 5) is 23.2. The number of benzene rings is 2. The van der Waals surface area contributed by atoms with Crippen LogP contribution in [0.3, 0.4) is 0 Å². The highest BCUT2D eigenvalue weighted by molar-refractivity contribution is 9.10. The average Bonchev–Trinajstić information content (AvgIpc) is 2.49. The zero-order valence-electron chi connectivity index (χ0n) is 11.3. The maximum atomic E-state index is 12.2. The second-order valence-corrected chi connectivity index (χ2v) is 5.43. The van der Waals surface area contributed by atoms with E-state index in [2.05, 4.69) is 15.9 Å². The quantitative estimate of drug-likeness (QED) is 0.635. The third kappa shape index (κ3) is 3.40. The van der Waals surface area contributed by atoms with E-state index in [9.17, 15) is 9.59 Å². The number of methoxy groups -OCH3 is 1. The lowest BCUT2D eigenvalue weighted by molar-refractivity contribution is 0.0696. The number of carboxylic acids is 1. The number of esters is 1. The van der Waals surface area contributed by atoms with Gasteiger partial charge in [-0.05, 0) is 40.2 Å². The average molecular weight is 386 g/mol. The zero-order valence-corrected chi connectivity index (χ0v) is 13.6. The summed E-state index contributed by atoms with van der Waals surface area (Å²) in [5, 5.41) is 9.27. The van der Waals surface area contributed by atoms with E-state index in [1.54, 1.807) is 18.2 Å². The van der Waals surface area contributed by atoms with Gasteiger partial charge in [-0.15, -0.1) is 0 Å². The highest BCUT2D eigenvalue weighted by Gasteiger charge is 2.20. The molecule has 5 nitrogen and oxygen atoms in total. The molecule has 0 unspecified atom stereocenters. The number of carbonyl (C=O) groups is 2. The molecular weight excluding hydrogens is 376 g/mol. The smallest absolute Gasteiger partial charge is 0.345 e. The van der Waals surface area contributed by atoms with Crippen LogP contribution in [0.15, 0.2) is 40.9 Å². The third-order valence-electron chi connectivity index (χ3n) is 2.76. The van der Waals surface area contributed by atoms with E-state index >= 15 is 0 Å². The molecule has 7 heteroatoms. The number of carbonyl (C=O) groups excluding carboxylic acids is 1. The molecule has 2 rings (SSSR count). The van der Waals surface area contributed by atoms with Crippen LogP contribution in [-0.2, 0) is 0 Å².